The predicted molar refractivity (Wildman–Crippen MR) is 64.4 cm³/mol. The summed E-state index contributed by atoms with van der Waals surface area (Å²) in [6.45, 7) is 6.03. The zero-order chi connectivity index (χ0) is 12.2. The van der Waals surface area contributed by atoms with Crippen LogP contribution in [-0.4, -0.2) is 29.5 Å². The highest BCUT2D eigenvalue weighted by Gasteiger charge is 2.24. The molecular formula is C11H18N2O2S. The van der Waals surface area contributed by atoms with Crippen molar-refractivity contribution in [3.05, 3.63) is 30.1 Å². The molecule has 1 heterocycles. The van der Waals surface area contributed by atoms with Crippen LogP contribution in [0.5, 0.6) is 0 Å². The second-order valence-corrected chi connectivity index (χ2v) is 6.33. The Morgan fingerprint density at radius 1 is 1.38 bits per heavy atom. The Balaban J connectivity index is 2.86. The van der Waals surface area contributed by atoms with E-state index in [0.717, 1.165) is 5.69 Å². The van der Waals surface area contributed by atoms with E-state index in [2.05, 4.69) is 4.98 Å². The van der Waals surface area contributed by atoms with Crippen LogP contribution in [0.15, 0.2) is 24.4 Å². The van der Waals surface area contributed by atoms with Gasteiger partial charge in [-0.1, -0.05) is 13.0 Å². The van der Waals surface area contributed by atoms with Crippen LogP contribution in [-0.2, 0) is 16.6 Å². The van der Waals surface area contributed by atoms with E-state index >= 15 is 0 Å². The van der Waals surface area contributed by atoms with Crippen LogP contribution in [0.25, 0.3) is 0 Å². The van der Waals surface area contributed by atoms with Crippen LogP contribution >= 0.6 is 0 Å². The van der Waals surface area contributed by atoms with E-state index in [1.54, 1.807) is 20.0 Å². The number of rotatable bonds is 5. The summed E-state index contributed by atoms with van der Waals surface area (Å²) in [5.74, 6) is 0. The van der Waals surface area contributed by atoms with Crippen molar-refractivity contribution in [2.45, 2.75) is 32.6 Å². The molecule has 0 bridgehead atoms. The summed E-state index contributed by atoms with van der Waals surface area (Å²) < 4.78 is 25.4. The highest BCUT2D eigenvalue weighted by atomic mass is 32.2. The van der Waals surface area contributed by atoms with E-state index < -0.39 is 15.3 Å². The molecule has 0 spiro atoms. The maximum Gasteiger partial charge on any atom is 0.216 e. The molecule has 0 saturated heterocycles. The molecule has 4 nitrogen and oxygen atoms in total. The minimum absolute atomic E-state index is 0.345. The van der Waals surface area contributed by atoms with Crippen LogP contribution in [0.1, 0.15) is 26.5 Å². The summed E-state index contributed by atoms with van der Waals surface area (Å²) in [7, 11) is -3.19. The van der Waals surface area contributed by atoms with E-state index in [-0.39, 0.29) is 0 Å². The van der Waals surface area contributed by atoms with E-state index in [0.29, 0.717) is 13.1 Å². The van der Waals surface area contributed by atoms with Crippen LogP contribution in [0, 0.1) is 0 Å². The van der Waals surface area contributed by atoms with Gasteiger partial charge in [-0.25, -0.2) is 8.42 Å². The van der Waals surface area contributed by atoms with Gasteiger partial charge in [0.1, 0.15) is 0 Å². The lowest BCUT2D eigenvalue weighted by molar-refractivity contribution is 0.414. The SMILES string of the molecule is CCN(Cc1ccccn1)S(=O)(=O)C(C)C. The monoisotopic (exact) mass is 242 g/mol. The lowest BCUT2D eigenvalue weighted by Gasteiger charge is -2.22. The molecule has 0 atom stereocenters. The molecule has 0 N–H and O–H groups in total. The second kappa shape index (κ2) is 5.41. The molecule has 0 fully saturated rings. The summed E-state index contributed by atoms with van der Waals surface area (Å²) in [4.78, 5) is 4.13. The normalized spacial score (nSPS) is 12.3. The maximum absolute atomic E-state index is 12.0. The third-order valence-corrected chi connectivity index (χ3v) is 4.67. The summed E-state index contributed by atoms with van der Waals surface area (Å²) >= 11 is 0. The topological polar surface area (TPSA) is 50.3 Å². The van der Waals surface area contributed by atoms with Crippen molar-refractivity contribution in [3.63, 3.8) is 0 Å². The summed E-state index contributed by atoms with van der Waals surface area (Å²) in [5.41, 5.74) is 0.772. The highest BCUT2D eigenvalue weighted by molar-refractivity contribution is 7.89. The fourth-order valence-corrected chi connectivity index (χ4v) is 2.62. The number of pyridine rings is 1. The number of sulfonamides is 1. The van der Waals surface area contributed by atoms with Crippen LogP contribution in [0.3, 0.4) is 0 Å². The third kappa shape index (κ3) is 3.02. The minimum Gasteiger partial charge on any atom is -0.260 e. The summed E-state index contributed by atoms with van der Waals surface area (Å²) in [5, 5.41) is -0.392. The number of aromatic nitrogens is 1. The lowest BCUT2D eigenvalue weighted by Crippen LogP contribution is -2.35. The first-order chi connectivity index (χ1) is 7.48. The van der Waals surface area contributed by atoms with Gasteiger partial charge >= 0.3 is 0 Å². The van der Waals surface area contributed by atoms with Gasteiger partial charge in [-0.3, -0.25) is 4.98 Å². The van der Waals surface area contributed by atoms with E-state index in [4.69, 9.17) is 0 Å². The molecule has 1 rings (SSSR count). The van der Waals surface area contributed by atoms with Gasteiger partial charge in [0.15, 0.2) is 0 Å². The Labute approximate surface area is 97.4 Å². The van der Waals surface area contributed by atoms with E-state index in [9.17, 15) is 8.42 Å². The van der Waals surface area contributed by atoms with Gasteiger partial charge in [-0.2, -0.15) is 4.31 Å². The van der Waals surface area contributed by atoms with Crippen LogP contribution < -0.4 is 0 Å². The summed E-state index contributed by atoms with van der Waals surface area (Å²) in [6, 6.07) is 5.51. The van der Waals surface area contributed by atoms with Gasteiger partial charge in [0, 0.05) is 12.7 Å². The fourth-order valence-electron chi connectivity index (χ4n) is 1.35. The molecule has 0 unspecified atom stereocenters. The van der Waals surface area contributed by atoms with Crippen LogP contribution in [0.2, 0.25) is 0 Å². The average Bonchev–Trinajstić information content (AvgIpc) is 2.26. The Morgan fingerprint density at radius 3 is 2.50 bits per heavy atom. The van der Waals surface area contributed by atoms with Crippen molar-refractivity contribution in [1.29, 1.82) is 0 Å². The molecular weight excluding hydrogens is 224 g/mol. The zero-order valence-corrected chi connectivity index (χ0v) is 10.7. The largest absolute Gasteiger partial charge is 0.260 e. The Morgan fingerprint density at radius 2 is 2.06 bits per heavy atom. The minimum atomic E-state index is -3.19. The van der Waals surface area contributed by atoms with Gasteiger partial charge in [-0.05, 0) is 26.0 Å². The number of hydrogen-bond acceptors (Lipinski definition) is 3. The van der Waals surface area contributed by atoms with Crippen molar-refractivity contribution in [1.82, 2.24) is 9.29 Å². The molecule has 0 amide bonds. The zero-order valence-electron chi connectivity index (χ0n) is 9.92. The van der Waals surface area contributed by atoms with Crippen molar-refractivity contribution in [3.8, 4) is 0 Å². The fraction of sp³-hybridized carbons (Fsp3) is 0.545. The molecule has 0 radical (unpaired) electrons. The summed E-state index contributed by atoms with van der Waals surface area (Å²) in [6.07, 6.45) is 1.67. The number of hydrogen-bond donors (Lipinski definition) is 0. The van der Waals surface area contributed by atoms with Crippen molar-refractivity contribution in [2.24, 2.45) is 0 Å². The Bertz CT molecular complexity index is 415. The first-order valence-electron chi connectivity index (χ1n) is 5.37. The first kappa shape index (κ1) is 13.1. The van der Waals surface area contributed by atoms with Crippen molar-refractivity contribution >= 4 is 10.0 Å². The smallest absolute Gasteiger partial charge is 0.216 e. The highest BCUT2D eigenvalue weighted by Crippen LogP contribution is 2.11. The quantitative estimate of drug-likeness (QED) is 0.788. The first-order valence-corrected chi connectivity index (χ1v) is 6.87. The second-order valence-electron chi connectivity index (χ2n) is 3.84. The molecule has 90 valence electrons. The molecule has 0 aliphatic rings. The van der Waals surface area contributed by atoms with Gasteiger partial charge in [0.25, 0.3) is 0 Å². The molecule has 16 heavy (non-hydrogen) atoms. The molecule has 0 saturated carbocycles. The lowest BCUT2D eigenvalue weighted by atomic mass is 10.3. The van der Waals surface area contributed by atoms with Crippen molar-refractivity contribution in [2.75, 3.05) is 6.54 Å². The van der Waals surface area contributed by atoms with Gasteiger partial charge in [0.2, 0.25) is 10.0 Å². The molecule has 1 aromatic heterocycles. The van der Waals surface area contributed by atoms with E-state index in [1.165, 1.54) is 4.31 Å². The Hall–Kier alpha value is -0.940. The average molecular weight is 242 g/mol. The molecule has 5 heteroatoms. The standard InChI is InChI=1S/C11H18N2O2S/c1-4-13(16(14,15)10(2)3)9-11-7-5-6-8-12-11/h5-8,10H,4,9H2,1-3H3. The Kier molecular flexibility index (Phi) is 4.44. The van der Waals surface area contributed by atoms with Gasteiger partial charge in [-0.15, -0.1) is 0 Å². The van der Waals surface area contributed by atoms with E-state index in [1.807, 2.05) is 25.1 Å². The third-order valence-electron chi connectivity index (χ3n) is 2.37. The number of nitrogens with zero attached hydrogens (tertiary/aromatic N) is 2. The molecule has 0 aromatic carbocycles. The molecule has 0 aliphatic heterocycles. The maximum atomic E-state index is 12.0. The van der Waals surface area contributed by atoms with Gasteiger partial charge in [0.05, 0.1) is 17.5 Å². The molecule has 0 aliphatic carbocycles. The van der Waals surface area contributed by atoms with Crippen LogP contribution in [0.4, 0.5) is 0 Å². The van der Waals surface area contributed by atoms with Crippen molar-refractivity contribution < 1.29 is 8.42 Å². The predicted octanol–water partition coefficient (Wildman–Crippen LogP) is 1.64. The van der Waals surface area contributed by atoms with Gasteiger partial charge < -0.3 is 0 Å². The molecule has 1 aromatic rings.